The van der Waals surface area contributed by atoms with Gasteiger partial charge in [0.05, 0.1) is 13.0 Å². The first-order valence-electron chi connectivity index (χ1n) is 3.25. The summed E-state index contributed by atoms with van der Waals surface area (Å²) in [6.45, 7) is 0.0598. The molecule has 0 aliphatic heterocycles. The van der Waals surface area contributed by atoms with E-state index in [1.807, 2.05) is 0 Å². The van der Waals surface area contributed by atoms with Crippen LogP contribution in [-0.2, 0) is 9.53 Å². The standard InChI is InChI=1S/C6H13NO4/c1-11-6(10)4(3-7)2-5(8)9/h4-5,8-9H,2-3,7H2,1H3. The number of methoxy groups -OCH3 is 1. The van der Waals surface area contributed by atoms with Crippen LogP contribution in [0.1, 0.15) is 6.42 Å². The zero-order valence-electron chi connectivity index (χ0n) is 6.36. The van der Waals surface area contributed by atoms with Crippen LogP contribution in [0.4, 0.5) is 0 Å². The lowest BCUT2D eigenvalue weighted by molar-refractivity contribution is -0.149. The maximum atomic E-state index is 10.8. The number of carbonyl (C=O) groups excluding carboxylic acids is 1. The first-order chi connectivity index (χ1) is 5.11. The molecule has 0 saturated heterocycles. The summed E-state index contributed by atoms with van der Waals surface area (Å²) in [7, 11) is 1.23. The predicted molar refractivity (Wildman–Crippen MR) is 37.4 cm³/mol. The van der Waals surface area contributed by atoms with Crippen molar-refractivity contribution in [3.8, 4) is 0 Å². The molecule has 0 heterocycles. The van der Waals surface area contributed by atoms with Crippen LogP contribution in [0.25, 0.3) is 0 Å². The van der Waals surface area contributed by atoms with Gasteiger partial charge in [-0.1, -0.05) is 0 Å². The highest BCUT2D eigenvalue weighted by Crippen LogP contribution is 2.05. The lowest BCUT2D eigenvalue weighted by Gasteiger charge is -2.12. The summed E-state index contributed by atoms with van der Waals surface area (Å²) in [5, 5.41) is 17.0. The second-order valence-electron chi connectivity index (χ2n) is 2.17. The summed E-state index contributed by atoms with van der Waals surface area (Å²) in [6, 6.07) is 0. The van der Waals surface area contributed by atoms with E-state index in [4.69, 9.17) is 15.9 Å². The number of esters is 1. The molecule has 0 aromatic rings. The van der Waals surface area contributed by atoms with Crippen LogP contribution >= 0.6 is 0 Å². The number of nitrogens with two attached hydrogens (primary N) is 1. The van der Waals surface area contributed by atoms with Gasteiger partial charge in [0, 0.05) is 13.0 Å². The Morgan fingerprint density at radius 2 is 2.18 bits per heavy atom. The number of carbonyl (C=O) groups is 1. The third-order valence-electron chi connectivity index (χ3n) is 1.31. The molecule has 4 N–H and O–H groups in total. The van der Waals surface area contributed by atoms with Gasteiger partial charge in [-0.25, -0.2) is 0 Å². The minimum Gasteiger partial charge on any atom is -0.469 e. The van der Waals surface area contributed by atoms with E-state index in [0.717, 1.165) is 0 Å². The van der Waals surface area contributed by atoms with Crippen LogP contribution in [0.3, 0.4) is 0 Å². The van der Waals surface area contributed by atoms with Crippen molar-refractivity contribution in [2.45, 2.75) is 12.7 Å². The normalized spacial score (nSPS) is 13.2. The predicted octanol–water partition coefficient (Wildman–Crippen LogP) is -1.56. The molecule has 0 saturated carbocycles. The van der Waals surface area contributed by atoms with Gasteiger partial charge >= 0.3 is 5.97 Å². The van der Waals surface area contributed by atoms with Gasteiger partial charge in [-0.15, -0.1) is 0 Å². The van der Waals surface area contributed by atoms with Gasteiger partial charge in [0.25, 0.3) is 0 Å². The third-order valence-corrected chi connectivity index (χ3v) is 1.31. The van der Waals surface area contributed by atoms with Crippen LogP contribution in [0.2, 0.25) is 0 Å². The van der Waals surface area contributed by atoms with Gasteiger partial charge in [0.1, 0.15) is 0 Å². The Kier molecular flexibility index (Phi) is 4.76. The van der Waals surface area contributed by atoms with Crippen LogP contribution in [0.15, 0.2) is 0 Å². The molecule has 0 radical (unpaired) electrons. The van der Waals surface area contributed by atoms with Gasteiger partial charge < -0.3 is 20.7 Å². The van der Waals surface area contributed by atoms with E-state index in [1.54, 1.807) is 0 Å². The molecule has 1 unspecified atom stereocenters. The van der Waals surface area contributed by atoms with Crippen molar-refractivity contribution in [2.75, 3.05) is 13.7 Å². The molecule has 0 rings (SSSR count). The van der Waals surface area contributed by atoms with Gasteiger partial charge in [-0.2, -0.15) is 0 Å². The number of aliphatic hydroxyl groups is 2. The molecule has 1 atom stereocenters. The summed E-state index contributed by atoms with van der Waals surface area (Å²) >= 11 is 0. The van der Waals surface area contributed by atoms with Gasteiger partial charge in [0.15, 0.2) is 6.29 Å². The molecule has 0 spiro atoms. The van der Waals surface area contributed by atoms with Gasteiger partial charge in [0.2, 0.25) is 0 Å². The van der Waals surface area contributed by atoms with Crippen molar-refractivity contribution < 1.29 is 19.7 Å². The van der Waals surface area contributed by atoms with E-state index in [0.29, 0.717) is 0 Å². The van der Waals surface area contributed by atoms with E-state index >= 15 is 0 Å². The van der Waals surface area contributed by atoms with Crippen LogP contribution in [0, 0.1) is 5.92 Å². The molecule has 5 nitrogen and oxygen atoms in total. The molecule has 0 aliphatic carbocycles. The summed E-state index contributed by atoms with van der Waals surface area (Å²) < 4.78 is 4.36. The minimum atomic E-state index is -1.51. The van der Waals surface area contributed by atoms with Crippen molar-refractivity contribution in [1.29, 1.82) is 0 Å². The zero-order chi connectivity index (χ0) is 8.85. The number of hydrogen-bond donors (Lipinski definition) is 3. The summed E-state index contributed by atoms with van der Waals surface area (Å²) in [5.74, 6) is -1.14. The Hall–Kier alpha value is -0.650. The van der Waals surface area contributed by atoms with E-state index in [1.165, 1.54) is 7.11 Å². The Morgan fingerprint density at radius 1 is 1.64 bits per heavy atom. The molecule has 0 fully saturated rings. The molecule has 0 amide bonds. The maximum absolute atomic E-state index is 10.8. The number of aliphatic hydroxyl groups excluding tert-OH is 1. The quantitative estimate of drug-likeness (QED) is 0.344. The monoisotopic (exact) mass is 163 g/mol. The first-order valence-corrected chi connectivity index (χ1v) is 3.25. The summed E-state index contributed by atoms with van der Waals surface area (Å²) in [6.07, 6.45) is -1.59. The van der Waals surface area contributed by atoms with E-state index in [-0.39, 0.29) is 13.0 Å². The van der Waals surface area contributed by atoms with Crippen LogP contribution < -0.4 is 5.73 Å². The first kappa shape index (κ1) is 10.3. The number of hydrogen-bond acceptors (Lipinski definition) is 5. The maximum Gasteiger partial charge on any atom is 0.310 e. The summed E-state index contributed by atoms with van der Waals surface area (Å²) in [5.41, 5.74) is 5.17. The highest BCUT2D eigenvalue weighted by Gasteiger charge is 2.19. The van der Waals surface area contributed by atoms with Crippen LogP contribution in [-0.4, -0.2) is 36.1 Å². The molecule has 11 heavy (non-hydrogen) atoms. The van der Waals surface area contributed by atoms with Crippen molar-refractivity contribution in [3.63, 3.8) is 0 Å². The van der Waals surface area contributed by atoms with Crippen molar-refractivity contribution >= 4 is 5.97 Å². The lowest BCUT2D eigenvalue weighted by atomic mass is 10.1. The molecule has 0 aliphatic rings. The fourth-order valence-corrected chi connectivity index (χ4v) is 0.710. The lowest BCUT2D eigenvalue weighted by Crippen LogP contribution is -2.28. The van der Waals surface area contributed by atoms with Crippen molar-refractivity contribution in [2.24, 2.45) is 11.7 Å². The second kappa shape index (κ2) is 5.06. The molecule has 0 bridgehead atoms. The molecular formula is C6H13NO4. The summed E-state index contributed by atoms with van der Waals surface area (Å²) in [4.78, 5) is 10.8. The molecule has 0 aromatic heterocycles. The van der Waals surface area contributed by atoms with Crippen LogP contribution in [0.5, 0.6) is 0 Å². The minimum absolute atomic E-state index is 0.0598. The van der Waals surface area contributed by atoms with E-state index in [9.17, 15) is 4.79 Å². The molecule has 0 aromatic carbocycles. The number of ether oxygens (including phenoxy) is 1. The highest BCUT2D eigenvalue weighted by atomic mass is 16.5. The fraction of sp³-hybridized carbons (Fsp3) is 0.833. The van der Waals surface area contributed by atoms with Gasteiger partial charge in [-0.05, 0) is 0 Å². The average molecular weight is 163 g/mol. The SMILES string of the molecule is COC(=O)C(CN)CC(O)O. The van der Waals surface area contributed by atoms with E-state index in [2.05, 4.69) is 4.74 Å². The Balaban J connectivity index is 3.84. The number of rotatable bonds is 4. The van der Waals surface area contributed by atoms with Crippen molar-refractivity contribution in [3.05, 3.63) is 0 Å². The smallest absolute Gasteiger partial charge is 0.310 e. The molecule has 5 heteroatoms. The molecular weight excluding hydrogens is 150 g/mol. The zero-order valence-corrected chi connectivity index (χ0v) is 6.36. The van der Waals surface area contributed by atoms with Gasteiger partial charge in [-0.3, -0.25) is 4.79 Å². The Bertz CT molecular complexity index is 126. The third kappa shape index (κ3) is 3.92. The second-order valence-corrected chi connectivity index (χ2v) is 2.17. The Morgan fingerprint density at radius 3 is 2.45 bits per heavy atom. The fourth-order valence-electron chi connectivity index (χ4n) is 0.710. The largest absolute Gasteiger partial charge is 0.469 e. The van der Waals surface area contributed by atoms with E-state index < -0.39 is 18.2 Å². The average Bonchev–Trinajstić information content (AvgIpc) is 1.98. The highest BCUT2D eigenvalue weighted by molar-refractivity contribution is 5.72. The topological polar surface area (TPSA) is 92.8 Å². The van der Waals surface area contributed by atoms with Crippen molar-refractivity contribution in [1.82, 2.24) is 0 Å². The molecule has 66 valence electrons. The Labute approximate surface area is 64.8 Å².